The zero-order chi connectivity index (χ0) is 11.4. The molecule has 1 heterocycles. The van der Waals surface area contributed by atoms with Crippen LogP contribution >= 0.6 is 0 Å². The minimum Gasteiger partial charge on any atom is -0.298 e. The van der Waals surface area contributed by atoms with Gasteiger partial charge in [-0.1, -0.05) is 31.2 Å². The molecule has 0 radical (unpaired) electrons. The summed E-state index contributed by atoms with van der Waals surface area (Å²) < 4.78 is 0. The summed E-state index contributed by atoms with van der Waals surface area (Å²) in [6.07, 6.45) is 5.33. The van der Waals surface area contributed by atoms with Gasteiger partial charge in [0.15, 0.2) is 12.1 Å². The molecule has 0 atom stereocenters. The molecule has 0 N–H and O–H groups in total. The minimum absolute atomic E-state index is 0.597. The summed E-state index contributed by atoms with van der Waals surface area (Å²) in [5, 5.41) is 0. The van der Waals surface area contributed by atoms with Crippen LogP contribution in [0, 0.1) is 0 Å². The zero-order valence-corrected chi connectivity index (χ0v) is 9.05. The zero-order valence-electron chi connectivity index (χ0n) is 9.05. The molecule has 0 fully saturated rings. The number of carbonyl (C=O) groups excluding carboxylic acids is 1. The highest BCUT2D eigenvalue weighted by Gasteiger charge is 2.05. The Balaban J connectivity index is 2.46. The van der Waals surface area contributed by atoms with E-state index in [-0.39, 0.29) is 0 Å². The Bertz CT molecular complexity index is 492. The number of nitrogens with zero attached hydrogens (tertiary/aromatic N) is 2. The number of hydrogen-bond acceptors (Lipinski definition) is 3. The molecular weight excluding hydrogens is 200 g/mol. The second kappa shape index (κ2) is 4.66. The van der Waals surface area contributed by atoms with E-state index in [0.717, 1.165) is 23.8 Å². The molecule has 1 aromatic heterocycles. The van der Waals surface area contributed by atoms with E-state index >= 15 is 0 Å². The standard InChI is InChI=1S/C13H12N2O/c1-2-10-7-14-13(15-8-10)12-6-4-3-5-11(12)9-16/h3-9H,2H2,1H3. The molecule has 0 bridgehead atoms. The van der Waals surface area contributed by atoms with Gasteiger partial charge in [-0.15, -0.1) is 0 Å². The number of carbonyl (C=O) groups is 1. The SMILES string of the molecule is CCc1cnc(-c2ccccc2C=O)nc1. The van der Waals surface area contributed by atoms with Gasteiger partial charge in [0.2, 0.25) is 0 Å². The lowest BCUT2D eigenvalue weighted by atomic mass is 10.1. The van der Waals surface area contributed by atoms with Gasteiger partial charge in [-0.2, -0.15) is 0 Å². The van der Waals surface area contributed by atoms with Gasteiger partial charge < -0.3 is 0 Å². The summed E-state index contributed by atoms with van der Waals surface area (Å²) in [6.45, 7) is 2.05. The van der Waals surface area contributed by atoms with Crippen molar-refractivity contribution in [2.24, 2.45) is 0 Å². The van der Waals surface area contributed by atoms with Crippen molar-refractivity contribution in [2.45, 2.75) is 13.3 Å². The molecule has 0 amide bonds. The van der Waals surface area contributed by atoms with Crippen molar-refractivity contribution in [1.29, 1.82) is 0 Å². The van der Waals surface area contributed by atoms with E-state index in [4.69, 9.17) is 0 Å². The quantitative estimate of drug-likeness (QED) is 0.734. The summed E-state index contributed by atoms with van der Waals surface area (Å²) in [5.74, 6) is 0.597. The Hall–Kier alpha value is -2.03. The molecule has 1 aromatic carbocycles. The van der Waals surface area contributed by atoms with Crippen LogP contribution < -0.4 is 0 Å². The van der Waals surface area contributed by atoms with Crippen LogP contribution in [0.25, 0.3) is 11.4 Å². The monoisotopic (exact) mass is 212 g/mol. The average molecular weight is 212 g/mol. The normalized spacial score (nSPS) is 10.1. The third kappa shape index (κ3) is 1.98. The molecule has 2 rings (SSSR count). The number of benzene rings is 1. The molecule has 3 heteroatoms. The molecule has 0 aliphatic carbocycles. The van der Waals surface area contributed by atoms with Crippen LogP contribution in [0.1, 0.15) is 22.8 Å². The molecule has 0 saturated heterocycles. The highest BCUT2D eigenvalue weighted by Crippen LogP contribution is 2.18. The average Bonchev–Trinajstić information content (AvgIpc) is 2.39. The van der Waals surface area contributed by atoms with Crippen LogP contribution in [0.15, 0.2) is 36.7 Å². The fourth-order valence-corrected chi connectivity index (χ4v) is 1.48. The van der Waals surface area contributed by atoms with Crippen LogP contribution in [0.5, 0.6) is 0 Å². The van der Waals surface area contributed by atoms with Crippen molar-refractivity contribution >= 4 is 6.29 Å². The molecule has 16 heavy (non-hydrogen) atoms. The van der Waals surface area contributed by atoms with E-state index in [9.17, 15) is 4.79 Å². The smallest absolute Gasteiger partial charge is 0.159 e. The van der Waals surface area contributed by atoms with Gasteiger partial charge in [0.25, 0.3) is 0 Å². The first-order valence-electron chi connectivity index (χ1n) is 5.20. The molecule has 0 saturated carbocycles. The summed E-state index contributed by atoms with van der Waals surface area (Å²) >= 11 is 0. The Morgan fingerprint density at radius 1 is 1.19 bits per heavy atom. The fourth-order valence-electron chi connectivity index (χ4n) is 1.48. The predicted molar refractivity (Wildman–Crippen MR) is 62.2 cm³/mol. The molecule has 2 aromatic rings. The molecular formula is C13H12N2O. The van der Waals surface area contributed by atoms with Crippen molar-refractivity contribution < 1.29 is 4.79 Å². The van der Waals surface area contributed by atoms with E-state index in [0.29, 0.717) is 11.4 Å². The summed E-state index contributed by atoms with van der Waals surface area (Å²) in [7, 11) is 0. The Morgan fingerprint density at radius 2 is 1.88 bits per heavy atom. The lowest BCUT2D eigenvalue weighted by Crippen LogP contribution is -1.94. The molecule has 0 aliphatic rings. The first kappa shape index (κ1) is 10.5. The van der Waals surface area contributed by atoms with Gasteiger partial charge >= 0.3 is 0 Å². The van der Waals surface area contributed by atoms with Crippen LogP contribution in [-0.4, -0.2) is 16.3 Å². The van der Waals surface area contributed by atoms with Crippen molar-refractivity contribution in [3.63, 3.8) is 0 Å². The van der Waals surface area contributed by atoms with Gasteiger partial charge in [-0.25, -0.2) is 9.97 Å². The molecule has 0 unspecified atom stereocenters. The summed E-state index contributed by atoms with van der Waals surface area (Å²) in [6, 6.07) is 7.32. The first-order valence-corrected chi connectivity index (χ1v) is 5.20. The summed E-state index contributed by atoms with van der Waals surface area (Å²) in [4.78, 5) is 19.4. The van der Waals surface area contributed by atoms with Crippen LogP contribution in [0.3, 0.4) is 0 Å². The van der Waals surface area contributed by atoms with Crippen LogP contribution in [0.4, 0.5) is 0 Å². The van der Waals surface area contributed by atoms with E-state index in [2.05, 4.69) is 16.9 Å². The summed E-state index contributed by atoms with van der Waals surface area (Å²) in [5.41, 5.74) is 2.49. The Morgan fingerprint density at radius 3 is 2.50 bits per heavy atom. The molecule has 80 valence electrons. The predicted octanol–water partition coefficient (Wildman–Crippen LogP) is 2.52. The van der Waals surface area contributed by atoms with E-state index in [1.54, 1.807) is 18.5 Å². The molecule has 3 nitrogen and oxygen atoms in total. The van der Waals surface area contributed by atoms with Gasteiger partial charge in [-0.3, -0.25) is 4.79 Å². The number of rotatable bonds is 3. The maximum absolute atomic E-state index is 10.9. The van der Waals surface area contributed by atoms with Gasteiger partial charge in [0, 0.05) is 23.5 Å². The minimum atomic E-state index is 0.597. The number of aryl methyl sites for hydroxylation is 1. The number of aldehydes is 1. The Labute approximate surface area is 94.2 Å². The second-order valence-electron chi connectivity index (χ2n) is 3.47. The Kier molecular flexibility index (Phi) is 3.05. The van der Waals surface area contributed by atoms with Crippen molar-refractivity contribution in [3.8, 4) is 11.4 Å². The number of hydrogen-bond donors (Lipinski definition) is 0. The van der Waals surface area contributed by atoms with E-state index in [1.165, 1.54) is 0 Å². The van der Waals surface area contributed by atoms with Gasteiger partial charge in [-0.05, 0) is 12.0 Å². The third-order valence-electron chi connectivity index (χ3n) is 2.44. The van der Waals surface area contributed by atoms with Crippen LogP contribution in [-0.2, 0) is 6.42 Å². The maximum atomic E-state index is 10.9. The lowest BCUT2D eigenvalue weighted by Gasteiger charge is -2.03. The van der Waals surface area contributed by atoms with E-state index in [1.807, 2.05) is 18.2 Å². The van der Waals surface area contributed by atoms with Crippen LogP contribution in [0.2, 0.25) is 0 Å². The first-order chi connectivity index (χ1) is 7.85. The van der Waals surface area contributed by atoms with E-state index < -0.39 is 0 Å². The van der Waals surface area contributed by atoms with Crippen molar-refractivity contribution in [1.82, 2.24) is 9.97 Å². The fraction of sp³-hybridized carbons (Fsp3) is 0.154. The van der Waals surface area contributed by atoms with Gasteiger partial charge in [0.1, 0.15) is 0 Å². The third-order valence-corrected chi connectivity index (χ3v) is 2.44. The largest absolute Gasteiger partial charge is 0.298 e. The molecule has 0 spiro atoms. The lowest BCUT2D eigenvalue weighted by molar-refractivity contribution is 0.112. The second-order valence-corrected chi connectivity index (χ2v) is 3.47. The highest BCUT2D eigenvalue weighted by atomic mass is 16.1. The van der Waals surface area contributed by atoms with Crippen molar-refractivity contribution in [2.75, 3.05) is 0 Å². The van der Waals surface area contributed by atoms with Gasteiger partial charge in [0.05, 0.1) is 0 Å². The maximum Gasteiger partial charge on any atom is 0.159 e. The topological polar surface area (TPSA) is 42.9 Å². The van der Waals surface area contributed by atoms with Crippen molar-refractivity contribution in [3.05, 3.63) is 47.8 Å². The highest BCUT2D eigenvalue weighted by molar-refractivity contribution is 5.85. The molecule has 0 aliphatic heterocycles. The number of aromatic nitrogens is 2.